The van der Waals surface area contributed by atoms with Gasteiger partial charge in [-0.15, -0.1) is 0 Å². The van der Waals surface area contributed by atoms with Crippen molar-refractivity contribution >= 4 is 21.4 Å². The molecule has 0 aliphatic rings. The molecule has 0 saturated heterocycles. The van der Waals surface area contributed by atoms with Crippen LogP contribution >= 0.6 is 0 Å². The predicted molar refractivity (Wildman–Crippen MR) is 80.2 cm³/mol. The lowest BCUT2D eigenvalue weighted by Crippen LogP contribution is -2.41. The molecule has 0 aliphatic carbocycles. The summed E-state index contributed by atoms with van der Waals surface area (Å²) < 4.78 is 25.0. The Hall–Kier alpha value is -1.56. The molecule has 0 aliphatic heterocycles. The molecular formula is C14H22N2O3S. The van der Waals surface area contributed by atoms with Crippen LogP contribution in [0.1, 0.15) is 26.3 Å². The maximum atomic E-state index is 12.5. The first-order valence-electron chi connectivity index (χ1n) is 6.64. The van der Waals surface area contributed by atoms with Crippen LogP contribution in [0.3, 0.4) is 0 Å². The molecule has 1 unspecified atom stereocenters. The van der Waals surface area contributed by atoms with Crippen molar-refractivity contribution in [3.8, 4) is 0 Å². The van der Waals surface area contributed by atoms with Crippen molar-refractivity contribution < 1.29 is 13.2 Å². The highest BCUT2D eigenvalue weighted by molar-refractivity contribution is 7.92. The third-order valence-corrected chi connectivity index (χ3v) is 5.50. The molecule has 1 amide bonds. The molecule has 1 rings (SSSR count). The van der Waals surface area contributed by atoms with Crippen LogP contribution in [0.5, 0.6) is 0 Å². The molecule has 0 spiro atoms. The first kappa shape index (κ1) is 16.5. The summed E-state index contributed by atoms with van der Waals surface area (Å²) in [6.07, 6.45) is 0. The second kappa shape index (κ2) is 6.26. The number of carbonyl (C=O) groups excluding carboxylic acids is 1. The van der Waals surface area contributed by atoms with Crippen molar-refractivity contribution in [2.45, 2.75) is 37.8 Å². The van der Waals surface area contributed by atoms with Crippen LogP contribution in [-0.2, 0) is 14.6 Å². The molecule has 0 radical (unpaired) electrons. The van der Waals surface area contributed by atoms with Crippen LogP contribution < -0.4 is 5.73 Å². The van der Waals surface area contributed by atoms with Crippen molar-refractivity contribution in [1.82, 2.24) is 4.90 Å². The van der Waals surface area contributed by atoms with Crippen LogP contribution in [0.4, 0.5) is 5.69 Å². The number of nitrogens with zero attached hydrogens (tertiary/aromatic N) is 1. The van der Waals surface area contributed by atoms with E-state index in [9.17, 15) is 13.2 Å². The lowest BCUT2D eigenvalue weighted by atomic mass is 10.2. The van der Waals surface area contributed by atoms with Gasteiger partial charge in [-0.3, -0.25) is 4.79 Å². The quantitative estimate of drug-likeness (QED) is 0.837. The summed E-state index contributed by atoms with van der Waals surface area (Å²) in [5.74, 6) is -0.371. The highest BCUT2D eigenvalue weighted by atomic mass is 32.2. The Morgan fingerprint density at radius 2 is 1.85 bits per heavy atom. The maximum absolute atomic E-state index is 12.5. The first-order valence-corrected chi connectivity index (χ1v) is 8.19. The zero-order chi connectivity index (χ0) is 15.5. The third kappa shape index (κ3) is 3.12. The molecule has 20 heavy (non-hydrogen) atoms. The molecule has 5 nitrogen and oxygen atoms in total. The van der Waals surface area contributed by atoms with E-state index in [-0.39, 0.29) is 10.8 Å². The molecule has 1 aromatic rings. The zero-order valence-corrected chi connectivity index (χ0v) is 13.2. The van der Waals surface area contributed by atoms with Gasteiger partial charge in [-0.1, -0.05) is 0 Å². The number of aryl methyl sites for hydroxylation is 1. The number of amides is 1. The van der Waals surface area contributed by atoms with Gasteiger partial charge in [0, 0.05) is 18.8 Å². The number of sulfone groups is 1. The Bertz CT molecular complexity index is 592. The van der Waals surface area contributed by atoms with Crippen LogP contribution in [0.15, 0.2) is 23.1 Å². The molecular weight excluding hydrogens is 276 g/mol. The molecule has 112 valence electrons. The molecule has 0 heterocycles. The van der Waals surface area contributed by atoms with Gasteiger partial charge in [-0.05, 0) is 51.5 Å². The normalized spacial score (nSPS) is 13.0. The number of benzene rings is 1. The molecule has 0 aromatic heterocycles. The molecule has 0 saturated carbocycles. The standard InChI is InChI=1S/C14H22N2O3S/c1-5-16(6-2)14(17)11(4)20(18,19)12-7-8-13(15)10(3)9-12/h7-9,11H,5-6,15H2,1-4H3. The number of anilines is 1. The highest BCUT2D eigenvalue weighted by Gasteiger charge is 2.32. The average Bonchev–Trinajstić information content (AvgIpc) is 2.41. The van der Waals surface area contributed by atoms with Crippen LogP contribution in [0, 0.1) is 6.92 Å². The lowest BCUT2D eigenvalue weighted by molar-refractivity contribution is -0.130. The maximum Gasteiger partial charge on any atom is 0.240 e. The fourth-order valence-corrected chi connectivity index (χ4v) is 3.38. The van der Waals surface area contributed by atoms with E-state index in [1.165, 1.54) is 24.0 Å². The first-order chi connectivity index (χ1) is 9.25. The van der Waals surface area contributed by atoms with Gasteiger partial charge in [0.25, 0.3) is 0 Å². The van der Waals surface area contributed by atoms with Crippen LogP contribution in [0.2, 0.25) is 0 Å². The number of hydrogen-bond donors (Lipinski definition) is 1. The van der Waals surface area contributed by atoms with E-state index in [0.717, 1.165) is 0 Å². The van der Waals surface area contributed by atoms with Crippen LogP contribution in [-0.4, -0.2) is 37.6 Å². The fraction of sp³-hybridized carbons (Fsp3) is 0.500. The van der Waals surface area contributed by atoms with Gasteiger partial charge in [0.2, 0.25) is 5.91 Å². The van der Waals surface area contributed by atoms with Crippen LogP contribution in [0.25, 0.3) is 0 Å². The zero-order valence-electron chi connectivity index (χ0n) is 12.4. The highest BCUT2D eigenvalue weighted by Crippen LogP contribution is 2.21. The number of hydrogen-bond acceptors (Lipinski definition) is 4. The minimum absolute atomic E-state index is 0.136. The van der Waals surface area contributed by atoms with Crippen molar-refractivity contribution in [2.75, 3.05) is 18.8 Å². The van der Waals surface area contributed by atoms with E-state index in [1.807, 2.05) is 13.8 Å². The second-order valence-corrected chi connectivity index (χ2v) is 6.98. The topological polar surface area (TPSA) is 80.5 Å². The van der Waals surface area contributed by atoms with E-state index in [2.05, 4.69) is 0 Å². The molecule has 2 N–H and O–H groups in total. The third-order valence-electron chi connectivity index (χ3n) is 3.46. The van der Waals surface area contributed by atoms with E-state index in [0.29, 0.717) is 24.3 Å². The largest absolute Gasteiger partial charge is 0.399 e. The number of nitrogens with two attached hydrogens (primary N) is 1. The summed E-state index contributed by atoms with van der Waals surface area (Å²) in [5, 5.41) is -1.09. The minimum atomic E-state index is -3.69. The van der Waals surface area contributed by atoms with Gasteiger partial charge in [-0.25, -0.2) is 8.42 Å². The summed E-state index contributed by atoms with van der Waals surface area (Å²) in [6, 6.07) is 4.51. The van der Waals surface area contributed by atoms with Crippen molar-refractivity contribution in [3.63, 3.8) is 0 Å². The Morgan fingerprint density at radius 3 is 2.30 bits per heavy atom. The second-order valence-electron chi connectivity index (χ2n) is 4.72. The van der Waals surface area contributed by atoms with Gasteiger partial charge in [0.05, 0.1) is 4.90 Å². The Labute approximate surface area is 120 Å². The van der Waals surface area contributed by atoms with Gasteiger partial charge in [0.1, 0.15) is 5.25 Å². The Morgan fingerprint density at radius 1 is 1.30 bits per heavy atom. The summed E-state index contributed by atoms with van der Waals surface area (Å²) in [6.45, 7) is 7.82. The van der Waals surface area contributed by atoms with Gasteiger partial charge in [-0.2, -0.15) is 0 Å². The number of nitrogen functional groups attached to an aromatic ring is 1. The predicted octanol–water partition coefficient (Wildman–Crippen LogP) is 1.61. The van der Waals surface area contributed by atoms with Gasteiger partial charge >= 0.3 is 0 Å². The van der Waals surface area contributed by atoms with E-state index >= 15 is 0 Å². The summed E-state index contributed by atoms with van der Waals surface area (Å²) >= 11 is 0. The molecule has 0 fully saturated rings. The van der Waals surface area contributed by atoms with E-state index < -0.39 is 15.1 Å². The van der Waals surface area contributed by atoms with Crippen molar-refractivity contribution in [3.05, 3.63) is 23.8 Å². The Balaban J connectivity index is 3.15. The summed E-state index contributed by atoms with van der Waals surface area (Å²) in [7, 11) is -3.69. The van der Waals surface area contributed by atoms with Gasteiger partial charge in [0.15, 0.2) is 9.84 Å². The minimum Gasteiger partial charge on any atom is -0.399 e. The molecule has 1 aromatic carbocycles. The summed E-state index contributed by atoms with van der Waals surface area (Å²) in [5.41, 5.74) is 6.91. The van der Waals surface area contributed by atoms with E-state index in [4.69, 9.17) is 5.73 Å². The molecule has 0 bridgehead atoms. The number of rotatable bonds is 5. The van der Waals surface area contributed by atoms with Crippen molar-refractivity contribution in [1.29, 1.82) is 0 Å². The average molecular weight is 298 g/mol. The molecule has 1 atom stereocenters. The monoisotopic (exact) mass is 298 g/mol. The van der Waals surface area contributed by atoms with Gasteiger partial charge < -0.3 is 10.6 Å². The smallest absolute Gasteiger partial charge is 0.240 e. The van der Waals surface area contributed by atoms with E-state index in [1.54, 1.807) is 13.0 Å². The number of carbonyl (C=O) groups is 1. The van der Waals surface area contributed by atoms with Crippen molar-refractivity contribution in [2.24, 2.45) is 0 Å². The Kier molecular flexibility index (Phi) is 5.16. The fourth-order valence-electron chi connectivity index (χ4n) is 1.95. The SMILES string of the molecule is CCN(CC)C(=O)C(C)S(=O)(=O)c1ccc(N)c(C)c1. The lowest BCUT2D eigenvalue weighted by Gasteiger charge is -2.23. The molecule has 6 heteroatoms. The summed E-state index contributed by atoms with van der Waals surface area (Å²) in [4.78, 5) is 13.9.